The van der Waals surface area contributed by atoms with Crippen LogP contribution in [0.5, 0.6) is 0 Å². The van der Waals surface area contributed by atoms with Crippen LogP contribution in [0, 0.1) is 33.7 Å². The van der Waals surface area contributed by atoms with E-state index in [0.29, 0.717) is 18.2 Å². The fraction of sp³-hybridized carbons (Fsp3) is 0.667. The Morgan fingerprint density at radius 3 is 1.50 bits per heavy atom. The maximum absolute atomic E-state index is 11.4. The number of rotatable bonds is 8. The molecule has 0 unspecified atom stereocenters. The molecule has 0 spiro atoms. The predicted molar refractivity (Wildman–Crippen MR) is 92.9 cm³/mol. The number of carbonyl (C=O) groups excluding carboxylic acids is 2. The number of amides is 2. The molecule has 0 heterocycles. The van der Waals surface area contributed by atoms with E-state index in [1.165, 1.54) is 0 Å². The minimum atomic E-state index is -0.380. The van der Waals surface area contributed by atoms with Crippen molar-refractivity contribution in [1.82, 2.24) is 21.3 Å². The van der Waals surface area contributed by atoms with E-state index in [2.05, 4.69) is 21.3 Å². The van der Waals surface area contributed by atoms with Crippen molar-refractivity contribution in [1.29, 1.82) is 10.5 Å². The van der Waals surface area contributed by atoms with Crippen LogP contribution in [-0.4, -0.2) is 30.0 Å². The molecule has 8 nitrogen and oxygen atoms in total. The molecule has 132 valence electrons. The minimum Gasteiger partial charge on any atom is -0.362 e. The molecule has 0 aromatic heterocycles. The lowest BCUT2D eigenvalue weighted by Crippen LogP contribution is -2.45. The van der Waals surface area contributed by atoms with Crippen molar-refractivity contribution in [3.8, 4) is 12.4 Å². The maximum atomic E-state index is 11.4. The summed E-state index contributed by atoms with van der Waals surface area (Å²) in [6, 6.07) is 0. The number of hydrogen-bond acceptors (Lipinski definition) is 5. The third kappa shape index (κ3) is 10.4. The van der Waals surface area contributed by atoms with Crippen LogP contribution >= 0.6 is 12.2 Å². The number of nitrogens with zero attached hydrogens (tertiary/aromatic N) is 2. The number of thiocarbonyl (C=S) groups is 1. The lowest BCUT2D eigenvalue weighted by molar-refractivity contribution is -0.122. The summed E-state index contributed by atoms with van der Waals surface area (Å²) in [6.07, 6.45) is 3.59. The molecular weight excluding hydrogens is 328 g/mol. The van der Waals surface area contributed by atoms with E-state index in [1.807, 2.05) is 27.7 Å². The summed E-state index contributed by atoms with van der Waals surface area (Å²) in [5, 5.41) is 27.5. The zero-order valence-corrected chi connectivity index (χ0v) is 15.3. The Hall–Kier alpha value is -2.39. The van der Waals surface area contributed by atoms with Gasteiger partial charge in [-0.15, -0.1) is 0 Å². The summed E-state index contributed by atoms with van der Waals surface area (Å²) in [5.74, 6) is -0.680. The van der Waals surface area contributed by atoms with Crippen LogP contribution in [0.2, 0.25) is 0 Å². The summed E-state index contributed by atoms with van der Waals surface area (Å²) in [6.45, 7) is 8.44. The first-order chi connectivity index (χ1) is 11.0. The van der Waals surface area contributed by atoms with Gasteiger partial charge < -0.3 is 10.6 Å². The molecule has 0 radical (unpaired) electrons. The van der Waals surface area contributed by atoms with E-state index in [1.54, 1.807) is 12.4 Å². The number of carbonyl (C=O) groups is 2. The van der Waals surface area contributed by atoms with E-state index in [9.17, 15) is 9.59 Å². The Bertz CT molecular complexity index is 511. The normalized spacial score (nSPS) is 10.8. The highest BCUT2D eigenvalue weighted by Crippen LogP contribution is 2.20. The molecule has 0 rings (SSSR count). The van der Waals surface area contributed by atoms with Crippen LogP contribution in [0.15, 0.2) is 0 Å². The summed E-state index contributed by atoms with van der Waals surface area (Å²) < 4.78 is 0. The van der Waals surface area contributed by atoms with Crippen LogP contribution in [0.4, 0.5) is 0 Å². The van der Waals surface area contributed by atoms with E-state index >= 15 is 0 Å². The highest BCUT2D eigenvalue weighted by molar-refractivity contribution is 7.80. The molecule has 0 bridgehead atoms. The standard InChI is InChI=1S/C15H24N6O2S/c1-14(2,5-11(22)20-9-16)7-18-13(24)19-8-15(3,4)6-12(23)21-10-17/h5-8H2,1-4H3,(H,20,22)(H,21,23)(H2,18,19,24). The van der Waals surface area contributed by atoms with Gasteiger partial charge in [0, 0.05) is 25.9 Å². The van der Waals surface area contributed by atoms with E-state index in [4.69, 9.17) is 22.7 Å². The van der Waals surface area contributed by atoms with Crippen molar-refractivity contribution in [2.75, 3.05) is 13.1 Å². The van der Waals surface area contributed by atoms with Crippen LogP contribution in [0.3, 0.4) is 0 Å². The van der Waals surface area contributed by atoms with Crippen molar-refractivity contribution in [3.05, 3.63) is 0 Å². The van der Waals surface area contributed by atoms with Crippen molar-refractivity contribution in [3.63, 3.8) is 0 Å². The van der Waals surface area contributed by atoms with Gasteiger partial charge in [-0.25, -0.2) is 0 Å². The van der Waals surface area contributed by atoms with Gasteiger partial charge in [0.2, 0.25) is 11.8 Å². The molecule has 24 heavy (non-hydrogen) atoms. The largest absolute Gasteiger partial charge is 0.362 e. The van der Waals surface area contributed by atoms with Crippen molar-refractivity contribution in [2.45, 2.75) is 40.5 Å². The average Bonchev–Trinajstić information content (AvgIpc) is 2.42. The van der Waals surface area contributed by atoms with Crippen molar-refractivity contribution >= 4 is 29.1 Å². The molecule has 0 aromatic carbocycles. The van der Waals surface area contributed by atoms with Gasteiger partial charge in [-0.05, 0) is 23.0 Å². The van der Waals surface area contributed by atoms with Gasteiger partial charge in [0.1, 0.15) is 0 Å². The van der Waals surface area contributed by atoms with Crippen LogP contribution in [-0.2, 0) is 9.59 Å². The van der Waals surface area contributed by atoms with E-state index < -0.39 is 0 Å². The second-order valence-electron chi connectivity index (χ2n) is 7.04. The maximum Gasteiger partial charge on any atom is 0.233 e. The third-order valence-corrected chi connectivity index (χ3v) is 3.41. The average molecular weight is 352 g/mol. The van der Waals surface area contributed by atoms with E-state index in [0.717, 1.165) is 0 Å². The van der Waals surface area contributed by atoms with Crippen LogP contribution in [0.1, 0.15) is 40.5 Å². The number of hydrogen-bond donors (Lipinski definition) is 4. The molecular formula is C15H24N6O2S. The van der Waals surface area contributed by atoms with Gasteiger partial charge >= 0.3 is 0 Å². The third-order valence-electron chi connectivity index (χ3n) is 3.12. The lowest BCUT2D eigenvalue weighted by Gasteiger charge is -2.27. The zero-order valence-electron chi connectivity index (χ0n) is 14.4. The molecule has 0 aliphatic carbocycles. The SMILES string of the molecule is CC(C)(CNC(=S)NCC(C)(C)CC(=O)NC#N)CC(=O)NC#N. The van der Waals surface area contributed by atoms with Gasteiger partial charge in [-0.3, -0.25) is 20.2 Å². The Labute approximate surface area is 148 Å². The highest BCUT2D eigenvalue weighted by atomic mass is 32.1. The zero-order chi connectivity index (χ0) is 18.8. The Morgan fingerprint density at radius 2 is 1.21 bits per heavy atom. The first-order valence-corrected chi connectivity index (χ1v) is 7.80. The first kappa shape index (κ1) is 21.6. The summed E-state index contributed by atoms with van der Waals surface area (Å²) in [4.78, 5) is 22.9. The summed E-state index contributed by atoms with van der Waals surface area (Å²) in [7, 11) is 0. The van der Waals surface area contributed by atoms with Gasteiger partial charge in [0.15, 0.2) is 17.5 Å². The monoisotopic (exact) mass is 352 g/mol. The van der Waals surface area contributed by atoms with Crippen molar-refractivity contribution < 1.29 is 9.59 Å². The Morgan fingerprint density at radius 1 is 0.875 bits per heavy atom. The quantitative estimate of drug-likeness (QED) is 0.284. The molecule has 0 aliphatic rings. The van der Waals surface area contributed by atoms with Gasteiger partial charge in [-0.2, -0.15) is 10.5 Å². The van der Waals surface area contributed by atoms with Crippen molar-refractivity contribution in [2.24, 2.45) is 10.8 Å². The Balaban J connectivity index is 4.26. The Kier molecular flexibility index (Phi) is 8.72. The second kappa shape index (κ2) is 9.68. The number of nitrogens with one attached hydrogen (secondary N) is 4. The molecule has 0 saturated carbocycles. The predicted octanol–water partition coefficient (Wildman–Crippen LogP) is 0.478. The second-order valence-corrected chi connectivity index (χ2v) is 7.45. The molecule has 0 atom stereocenters. The molecule has 9 heteroatoms. The summed E-state index contributed by atoms with van der Waals surface area (Å²) >= 11 is 5.19. The van der Waals surface area contributed by atoms with Gasteiger partial charge in [0.25, 0.3) is 0 Å². The minimum absolute atomic E-state index is 0.190. The van der Waals surface area contributed by atoms with Gasteiger partial charge in [-0.1, -0.05) is 27.7 Å². The first-order valence-electron chi connectivity index (χ1n) is 7.39. The topological polar surface area (TPSA) is 130 Å². The molecule has 4 N–H and O–H groups in total. The fourth-order valence-electron chi connectivity index (χ4n) is 1.91. The smallest absolute Gasteiger partial charge is 0.233 e. The van der Waals surface area contributed by atoms with Crippen LogP contribution < -0.4 is 21.3 Å². The fourth-order valence-corrected chi connectivity index (χ4v) is 2.05. The molecule has 0 fully saturated rings. The van der Waals surface area contributed by atoms with Crippen LogP contribution in [0.25, 0.3) is 0 Å². The number of nitriles is 2. The molecule has 2 amide bonds. The highest BCUT2D eigenvalue weighted by Gasteiger charge is 2.24. The lowest BCUT2D eigenvalue weighted by atomic mass is 9.88. The molecule has 0 aromatic rings. The van der Waals surface area contributed by atoms with Gasteiger partial charge in [0.05, 0.1) is 0 Å². The van der Waals surface area contributed by atoms with E-state index in [-0.39, 0.29) is 35.5 Å². The molecule has 0 aliphatic heterocycles. The molecule has 0 saturated heterocycles. The summed E-state index contributed by atoms with van der Waals surface area (Å²) in [5.41, 5.74) is -0.760.